The highest BCUT2D eigenvalue weighted by molar-refractivity contribution is 7.26. The van der Waals surface area contributed by atoms with E-state index >= 15 is 0 Å². The minimum absolute atomic E-state index is 0.124. The molecule has 0 amide bonds. The summed E-state index contributed by atoms with van der Waals surface area (Å²) in [4.78, 5) is 2.53. The average Bonchev–Trinajstić information content (AvgIpc) is 3.67. The second-order valence-corrected chi connectivity index (χ2v) is 15.2. The lowest BCUT2D eigenvalue weighted by molar-refractivity contribution is 0.660. The van der Waals surface area contributed by atoms with Crippen molar-refractivity contribution in [1.29, 1.82) is 0 Å². The molecular weight excluding hydrogens is 635 g/mol. The Balaban J connectivity index is 1.31. The molecule has 10 rings (SSSR count). The molecule has 1 aliphatic carbocycles. The van der Waals surface area contributed by atoms with Crippen LogP contribution in [0.4, 0.5) is 17.1 Å². The molecule has 0 bridgehead atoms. The van der Waals surface area contributed by atoms with Crippen molar-refractivity contribution in [2.24, 2.45) is 0 Å². The molecule has 242 valence electrons. The zero-order chi connectivity index (χ0) is 34.1. The Hall–Kier alpha value is -5.96. The number of hydrogen-bond donors (Lipinski definition) is 0. The number of benzene rings is 8. The summed E-state index contributed by atoms with van der Waals surface area (Å²) in [5.74, 6) is 0. The van der Waals surface area contributed by atoms with Crippen LogP contribution in [0.2, 0.25) is 0 Å². The number of thiophene rings is 1. The Morgan fingerprint density at radius 3 is 2.04 bits per heavy atom. The maximum atomic E-state index is 2.53. The third-order valence-corrected chi connectivity index (χ3v) is 12.0. The highest BCUT2D eigenvalue weighted by atomic mass is 32.1. The van der Waals surface area contributed by atoms with Crippen molar-refractivity contribution in [2.45, 2.75) is 19.3 Å². The highest BCUT2D eigenvalue weighted by Crippen LogP contribution is 2.53. The smallest absolute Gasteiger partial charge is 0.0547 e. The van der Waals surface area contributed by atoms with E-state index in [9.17, 15) is 0 Å². The normalized spacial score (nSPS) is 13.1. The van der Waals surface area contributed by atoms with Crippen LogP contribution in [0.25, 0.3) is 64.3 Å². The van der Waals surface area contributed by atoms with E-state index in [2.05, 4.69) is 195 Å². The molecule has 1 heterocycles. The first kappa shape index (κ1) is 29.9. The summed E-state index contributed by atoms with van der Waals surface area (Å²) in [5, 5.41) is 5.09. The van der Waals surface area contributed by atoms with Gasteiger partial charge in [-0.3, -0.25) is 0 Å². The molecule has 0 atom stereocenters. The minimum Gasteiger partial charge on any atom is -0.309 e. The number of anilines is 3. The fraction of sp³-hybridized carbons (Fsp3) is 0.0612. The van der Waals surface area contributed by atoms with Crippen LogP contribution >= 0.6 is 11.3 Å². The van der Waals surface area contributed by atoms with Gasteiger partial charge in [0.25, 0.3) is 0 Å². The molecule has 1 nitrogen and oxygen atoms in total. The van der Waals surface area contributed by atoms with Crippen LogP contribution in [0, 0.1) is 0 Å². The van der Waals surface area contributed by atoms with E-state index in [1.165, 1.54) is 75.5 Å². The van der Waals surface area contributed by atoms with Gasteiger partial charge in [-0.25, -0.2) is 0 Å². The van der Waals surface area contributed by atoms with Crippen molar-refractivity contribution < 1.29 is 0 Å². The molecule has 51 heavy (non-hydrogen) atoms. The molecule has 0 fully saturated rings. The maximum absolute atomic E-state index is 2.53. The summed E-state index contributed by atoms with van der Waals surface area (Å²) in [6.07, 6.45) is 0. The molecule has 0 aliphatic heterocycles. The van der Waals surface area contributed by atoms with Crippen LogP contribution < -0.4 is 4.90 Å². The third-order valence-electron chi connectivity index (χ3n) is 10.9. The van der Waals surface area contributed by atoms with Gasteiger partial charge in [0.1, 0.15) is 0 Å². The van der Waals surface area contributed by atoms with E-state index in [0.717, 1.165) is 17.1 Å². The molecule has 2 heteroatoms. The van der Waals surface area contributed by atoms with E-state index in [-0.39, 0.29) is 5.41 Å². The Bertz CT molecular complexity index is 2790. The van der Waals surface area contributed by atoms with Crippen molar-refractivity contribution >= 4 is 59.3 Å². The van der Waals surface area contributed by atoms with Gasteiger partial charge in [-0.2, -0.15) is 0 Å². The number of rotatable bonds is 5. The Morgan fingerprint density at radius 1 is 0.451 bits per heavy atom. The lowest BCUT2D eigenvalue weighted by atomic mass is 9.82. The fourth-order valence-corrected chi connectivity index (χ4v) is 9.51. The van der Waals surface area contributed by atoms with Crippen molar-refractivity contribution in [3.63, 3.8) is 0 Å². The van der Waals surface area contributed by atoms with Gasteiger partial charge in [-0.1, -0.05) is 147 Å². The predicted molar refractivity (Wildman–Crippen MR) is 220 cm³/mol. The van der Waals surface area contributed by atoms with Crippen LogP contribution in [0.5, 0.6) is 0 Å². The van der Waals surface area contributed by atoms with Gasteiger partial charge in [0.15, 0.2) is 0 Å². The minimum atomic E-state index is -0.124. The van der Waals surface area contributed by atoms with Gasteiger partial charge in [0.05, 0.1) is 11.4 Å². The van der Waals surface area contributed by atoms with Gasteiger partial charge in [-0.05, 0) is 86.6 Å². The summed E-state index contributed by atoms with van der Waals surface area (Å²) in [6.45, 7) is 4.74. The van der Waals surface area contributed by atoms with Gasteiger partial charge in [-0.15, -0.1) is 11.3 Å². The van der Waals surface area contributed by atoms with E-state index in [1.807, 2.05) is 11.3 Å². The van der Waals surface area contributed by atoms with Gasteiger partial charge >= 0.3 is 0 Å². The fourth-order valence-electron chi connectivity index (χ4n) is 8.40. The van der Waals surface area contributed by atoms with Crippen LogP contribution in [0.3, 0.4) is 0 Å². The van der Waals surface area contributed by atoms with E-state index in [0.29, 0.717) is 0 Å². The molecule has 8 aromatic carbocycles. The van der Waals surface area contributed by atoms with Gasteiger partial charge in [0.2, 0.25) is 0 Å². The Labute approximate surface area is 302 Å². The first-order valence-electron chi connectivity index (χ1n) is 17.7. The molecule has 0 saturated heterocycles. The maximum Gasteiger partial charge on any atom is 0.0547 e. The summed E-state index contributed by atoms with van der Waals surface area (Å²) in [6, 6.07) is 65.0. The second kappa shape index (κ2) is 11.6. The number of hydrogen-bond acceptors (Lipinski definition) is 2. The Morgan fingerprint density at radius 2 is 1.16 bits per heavy atom. The number of para-hydroxylation sites is 1. The summed E-state index contributed by atoms with van der Waals surface area (Å²) < 4.78 is 2.60. The molecule has 0 radical (unpaired) electrons. The molecule has 0 spiro atoms. The zero-order valence-corrected chi connectivity index (χ0v) is 29.4. The second-order valence-electron chi connectivity index (χ2n) is 14.1. The molecule has 9 aromatic rings. The van der Waals surface area contributed by atoms with Crippen LogP contribution in [0.15, 0.2) is 176 Å². The first-order chi connectivity index (χ1) is 25.1. The third kappa shape index (κ3) is 4.67. The molecule has 1 aliphatic rings. The van der Waals surface area contributed by atoms with Crippen molar-refractivity contribution in [3.8, 4) is 33.4 Å². The summed E-state index contributed by atoms with van der Waals surface area (Å²) >= 11 is 1.88. The van der Waals surface area contributed by atoms with Crippen LogP contribution in [-0.2, 0) is 5.41 Å². The quantitative estimate of drug-likeness (QED) is 0.176. The number of fused-ring (bicyclic) bond motifs is 7. The summed E-state index contributed by atoms with van der Waals surface area (Å²) in [5.41, 5.74) is 13.6. The highest BCUT2D eigenvalue weighted by Gasteiger charge is 2.36. The average molecular weight is 670 g/mol. The lowest BCUT2D eigenvalue weighted by Gasteiger charge is -2.31. The van der Waals surface area contributed by atoms with Crippen molar-refractivity contribution in [2.75, 3.05) is 4.90 Å². The molecule has 0 unspecified atom stereocenters. The standard InChI is InChI=1S/C49H35NS/c1-49(2)41-21-11-8-19-38(41)39-27-26-36(31-42(39)49)50(43-22-12-9-18-37(43)33-15-4-3-5-16-33)44-28-29-46-48(40-20-10-13-23-45(40)51-46)47(44)35-25-24-32-14-6-7-17-34(32)30-35/h3-31H,1-2H3. The molecule has 0 N–H and O–H groups in total. The largest absolute Gasteiger partial charge is 0.309 e. The number of nitrogens with zero attached hydrogens (tertiary/aromatic N) is 1. The van der Waals surface area contributed by atoms with Gasteiger partial charge in [0, 0.05) is 42.4 Å². The van der Waals surface area contributed by atoms with E-state index in [1.54, 1.807) is 0 Å². The SMILES string of the molecule is CC1(C)c2ccccc2-c2ccc(N(c3ccccc3-c3ccccc3)c3ccc4sc5ccccc5c4c3-c3ccc4ccccc4c3)cc21. The van der Waals surface area contributed by atoms with E-state index in [4.69, 9.17) is 0 Å². The van der Waals surface area contributed by atoms with Gasteiger partial charge < -0.3 is 4.90 Å². The first-order valence-corrected chi connectivity index (χ1v) is 18.5. The molecule has 1 aromatic heterocycles. The lowest BCUT2D eigenvalue weighted by Crippen LogP contribution is -2.17. The van der Waals surface area contributed by atoms with Crippen LogP contribution in [0.1, 0.15) is 25.0 Å². The zero-order valence-electron chi connectivity index (χ0n) is 28.6. The molecular formula is C49H35NS. The van der Waals surface area contributed by atoms with Crippen molar-refractivity contribution in [3.05, 3.63) is 187 Å². The summed E-state index contributed by atoms with van der Waals surface area (Å²) in [7, 11) is 0. The Kier molecular flexibility index (Phi) is 6.78. The monoisotopic (exact) mass is 669 g/mol. The van der Waals surface area contributed by atoms with E-state index < -0.39 is 0 Å². The predicted octanol–water partition coefficient (Wildman–Crippen LogP) is 14.3. The topological polar surface area (TPSA) is 3.24 Å². The molecule has 0 saturated carbocycles. The van der Waals surface area contributed by atoms with Crippen molar-refractivity contribution in [1.82, 2.24) is 0 Å². The van der Waals surface area contributed by atoms with Crippen LogP contribution in [-0.4, -0.2) is 0 Å².